The van der Waals surface area contributed by atoms with Gasteiger partial charge in [-0.25, -0.2) is 4.98 Å². The lowest BCUT2D eigenvalue weighted by Gasteiger charge is -2.27. The van der Waals surface area contributed by atoms with Crippen LogP contribution < -0.4 is 16.8 Å². The number of hydrogen-bond acceptors (Lipinski definition) is 5. The van der Waals surface area contributed by atoms with Crippen LogP contribution in [-0.2, 0) is 12.8 Å². The summed E-state index contributed by atoms with van der Waals surface area (Å²) in [6.07, 6.45) is 1.77. The Morgan fingerprint density at radius 3 is 2.73 bits per heavy atom. The van der Waals surface area contributed by atoms with Crippen LogP contribution in [0, 0.1) is 5.41 Å². The van der Waals surface area contributed by atoms with Crippen molar-refractivity contribution in [1.82, 2.24) is 10.3 Å². The number of carbonyl (C=O) groups is 1. The van der Waals surface area contributed by atoms with Gasteiger partial charge in [-0.15, -0.1) is 11.3 Å². The van der Waals surface area contributed by atoms with Crippen molar-refractivity contribution < 1.29 is 4.79 Å². The SMILES string of the molecule is CCc1nc2sc(C(N)=O)c(N)c2c2c1C(NC)C(C)(C)C2. The monoisotopic (exact) mass is 318 g/mol. The summed E-state index contributed by atoms with van der Waals surface area (Å²) in [6, 6.07) is 0.241. The van der Waals surface area contributed by atoms with Crippen LogP contribution in [0.15, 0.2) is 0 Å². The van der Waals surface area contributed by atoms with E-state index >= 15 is 0 Å². The standard InChI is InChI=1S/C16H22N4OS/c1-5-8-9-7(6-16(2,3)13(9)19-4)10-11(17)12(14(18)21)22-15(10)20-8/h13,19H,5-6,17H2,1-4H3,(H2,18,21). The molecule has 0 aliphatic heterocycles. The molecule has 1 amide bonds. The van der Waals surface area contributed by atoms with E-state index in [1.807, 2.05) is 7.05 Å². The Balaban J connectivity index is 2.39. The van der Waals surface area contributed by atoms with Crippen molar-refractivity contribution in [2.75, 3.05) is 12.8 Å². The fourth-order valence-electron chi connectivity index (χ4n) is 3.75. The molecule has 3 rings (SSSR count). The quantitative estimate of drug-likeness (QED) is 0.810. The van der Waals surface area contributed by atoms with E-state index in [2.05, 4.69) is 26.1 Å². The van der Waals surface area contributed by atoms with E-state index < -0.39 is 5.91 Å². The number of hydrogen-bond donors (Lipinski definition) is 3. The van der Waals surface area contributed by atoms with Crippen molar-refractivity contribution in [3.8, 4) is 0 Å². The molecule has 6 heteroatoms. The number of nitrogens with two attached hydrogens (primary N) is 2. The summed E-state index contributed by atoms with van der Waals surface area (Å²) in [5.74, 6) is -0.477. The van der Waals surface area contributed by atoms with E-state index in [1.165, 1.54) is 22.5 Å². The van der Waals surface area contributed by atoms with Gasteiger partial charge < -0.3 is 16.8 Å². The van der Waals surface area contributed by atoms with Crippen molar-refractivity contribution in [2.24, 2.45) is 11.1 Å². The third-order valence-corrected chi connectivity index (χ3v) is 5.76. The lowest BCUT2D eigenvalue weighted by molar-refractivity contribution is 0.100. The van der Waals surface area contributed by atoms with Gasteiger partial charge in [-0.05, 0) is 36.4 Å². The van der Waals surface area contributed by atoms with Crippen molar-refractivity contribution in [3.05, 3.63) is 21.7 Å². The van der Waals surface area contributed by atoms with Crippen LogP contribution in [0.1, 0.15) is 53.3 Å². The zero-order valence-electron chi connectivity index (χ0n) is 13.4. The Morgan fingerprint density at radius 2 is 2.18 bits per heavy atom. The number of nitrogens with zero attached hydrogens (tertiary/aromatic N) is 1. The van der Waals surface area contributed by atoms with Gasteiger partial charge >= 0.3 is 0 Å². The van der Waals surface area contributed by atoms with Gasteiger partial charge in [0.05, 0.1) is 5.69 Å². The fourth-order valence-corrected chi connectivity index (χ4v) is 4.75. The normalized spacial score (nSPS) is 19.5. The second-order valence-corrected chi connectivity index (χ2v) is 7.58. The molecular formula is C16H22N4OS. The van der Waals surface area contributed by atoms with Crippen LogP contribution in [0.4, 0.5) is 5.69 Å². The molecule has 1 aliphatic carbocycles. The molecular weight excluding hydrogens is 296 g/mol. The Bertz CT molecular complexity index is 778. The molecule has 0 radical (unpaired) electrons. The minimum Gasteiger partial charge on any atom is -0.397 e. The number of thiophene rings is 1. The van der Waals surface area contributed by atoms with Crippen molar-refractivity contribution in [1.29, 1.82) is 0 Å². The van der Waals surface area contributed by atoms with E-state index in [1.54, 1.807) is 0 Å². The lowest BCUT2D eigenvalue weighted by Crippen LogP contribution is -2.28. The van der Waals surface area contributed by atoms with Crippen LogP contribution in [-0.4, -0.2) is 17.9 Å². The smallest absolute Gasteiger partial charge is 0.260 e. The van der Waals surface area contributed by atoms with Crippen LogP contribution in [0.2, 0.25) is 0 Å². The molecule has 0 saturated carbocycles. The van der Waals surface area contributed by atoms with Crippen LogP contribution >= 0.6 is 11.3 Å². The Hall–Kier alpha value is -1.66. The topological polar surface area (TPSA) is 94.0 Å². The first-order valence-electron chi connectivity index (χ1n) is 7.52. The number of pyridine rings is 1. The molecule has 1 unspecified atom stereocenters. The third-order valence-electron chi connectivity index (χ3n) is 4.65. The zero-order chi connectivity index (χ0) is 16.2. The molecule has 2 aromatic rings. The summed E-state index contributed by atoms with van der Waals surface area (Å²) < 4.78 is 0. The third kappa shape index (κ3) is 1.94. The zero-order valence-corrected chi connectivity index (χ0v) is 14.2. The van der Waals surface area contributed by atoms with Gasteiger partial charge in [-0.3, -0.25) is 4.79 Å². The molecule has 2 heterocycles. The second kappa shape index (κ2) is 4.93. The average Bonchev–Trinajstić information content (AvgIpc) is 2.91. The van der Waals surface area contributed by atoms with Gasteiger partial charge in [0.1, 0.15) is 9.71 Å². The number of aryl methyl sites for hydroxylation is 1. The molecule has 5 nitrogen and oxygen atoms in total. The maximum absolute atomic E-state index is 11.6. The summed E-state index contributed by atoms with van der Waals surface area (Å²) in [5.41, 5.74) is 15.8. The van der Waals surface area contributed by atoms with E-state index in [4.69, 9.17) is 16.5 Å². The number of amides is 1. The van der Waals surface area contributed by atoms with Gasteiger partial charge in [0.25, 0.3) is 5.91 Å². The van der Waals surface area contributed by atoms with Gasteiger partial charge in [0.15, 0.2) is 0 Å². The van der Waals surface area contributed by atoms with Crippen molar-refractivity contribution >= 4 is 33.1 Å². The number of nitrogen functional groups attached to an aromatic ring is 1. The molecule has 0 bridgehead atoms. The summed E-state index contributed by atoms with van der Waals surface area (Å²) in [5, 5.41) is 4.36. The molecule has 1 atom stereocenters. The highest BCUT2D eigenvalue weighted by atomic mass is 32.1. The van der Waals surface area contributed by atoms with Crippen LogP contribution in [0.25, 0.3) is 10.2 Å². The summed E-state index contributed by atoms with van der Waals surface area (Å²) in [4.78, 5) is 17.6. The maximum atomic E-state index is 11.6. The molecule has 1 aliphatic rings. The number of rotatable bonds is 3. The second-order valence-electron chi connectivity index (χ2n) is 6.58. The van der Waals surface area contributed by atoms with Gasteiger partial charge in [-0.1, -0.05) is 20.8 Å². The van der Waals surface area contributed by atoms with Gasteiger partial charge in [0, 0.05) is 17.1 Å². The predicted molar refractivity (Wildman–Crippen MR) is 91.2 cm³/mol. The molecule has 0 aromatic carbocycles. The molecule has 2 aromatic heterocycles. The fraction of sp³-hybridized carbons (Fsp3) is 0.500. The Labute approximate surface area is 134 Å². The van der Waals surface area contributed by atoms with Crippen LogP contribution in [0.3, 0.4) is 0 Å². The van der Waals surface area contributed by atoms with E-state index in [9.17, 15) is 4.79 Å². The molecule has 5 N–H and O–H groups in total. The number of fused-ring (bicyclic) bond motifs is 3. The highest BCUT2D eigenvalue weighted by Crippen LogP contribution is 2.50. The van der Waals surface area contributed by atoms with E-state index in [0.717, 1.165) is 28.8 Å². The number of nitrogens with one attached hydrogen (secondary N) is 1. The summed E-state index contributed by atoms with van der Waals surface area (Å²) >= 11 is 1.31. The molecule has 118 valence electrons. The van der Waals surface area contributed by atoms with Gasteiger partial charge in [0.2, 0.25) is 0 Å². The average molecular weight is 318 g/mol. The number of aromatic nitrogens is 1. The summed E-state index contributed by atoms with van der Waals surface area (Å²) in [7, 11) is 1.98. The Kier molecular flexibility index (Phi) is 3.41. The maximum Gasteiger partial charge on any atom is 0.260 e. The highest BCUT2D eigenvalue weighted by molar-refractivity contribution is 7.21. The molecule has 0 spiro atoms. The molecule has 0 saturated heterocycles. The Morgan fingerprint density at radius 1 is 1.50 bits per heavy atom. The minimum absolute atomic E-state index is 0.0816. The van der Waals surface area contributed by atoms with Crippen LogP contribution in [0.5, 0.6) is 0 Å². The first-order valence-corrected chi connectivity index (χ1v) is 8.34. The molecule has 22 heavy (non-hydrogen) atoms. The number of primary amides is 1. The lowest BCUT2D eigenvalue weighted by atomic mass is 9.85. The highest BCUT2D eigenvalue weighted by Gasteiger charge is 2.41. The summed E-state index contributed by atoms with van der Waals surface area (Å²) in [6.45, 7) is 6.60. The largest absolute Gasteiger partial charge is 0.397 e. The van der Waals surface area contributed by atoms with Gasteiger partial charge in [-0.2, -0.15) is 0 Å². The van der Waals surface area contributed by atoms with Crippen molar-refractivity contribution in [2.45, 2.75) is 39.7 Å². The first-order chi connectivity index (χ1) is 10.3. The number of carbonyl (C=O) groups excluding carboxylic acids is 1. The number of anilines is 1. The van der Waals surface area contributed by atoms with E-state index in [0.29, 0.717) is 10.6 Å². The first kappa shape index (κ1) is 15.2. The molecule has 0 fully saturated rings. The minimum atomic E-state index is -0.477. The van der Waals surface area contributed by atoms with E-state index in [-0.39, 0.29) is 11.5 Å². The predicted octanol–water partition coefficient (Wildman–Crippen LogP) is 2.38. The van der Waals surface area contributed by atoms with Crippen molar-refractivity contribution in [3.63, 3.8) is 0 Å².